The van der Waals surface area contributed by atoms with Gasteiger partial charge in [-0.2, -0.15) is 5.10 Å². The highest BCUT2D eigenvalue weighted by Gasteiger charge is 2.19. The van der Waals surface area contributed by atoms with Crippen LogP contribution in [-0.4, -0.2) is 79.6 Å². The van der Waals surface area contributed by atoms with Crippen LogP contribution in [0.2, 0.25) is 0 Å². The number of likely N-dealkylation sites (N-methyl/N-ethyl adjacent to an activating group) is 1. The zero-order chi connectivity index (χ0) is 22.5. The average molecular weight is 447 g/mol. The summed E-state index contributed by atoms with van der Waals surface area (Å²) < 4.78 is 5.49. The molecule has 33 heavy (non-hydrogen) atoms. The number of rotatable bonds is 7. The molecule has 4 heterocycles. The largest absolute Gasteiger partial charge is 0.379 e. The smallest absolute Gasteiger partial charge is 0.0740 e. The molecule has 1 aromatic carbocycles. The van der Waals surface area contributed by atoms with Gasteiger partial charge in [-0.25, -0.2) is 4.98 Å². The predicted octanol–water partition coefficient (Wildman–Crippen LogP) is 3.90. The highest BCUT2D eigenvalue weighted by molar-refractivity contribution is 5.81. The van der Waals surface area contributed by atoms with Crippen LogP contribution in [0.4, 0.5) is 11.4 Å². The van der Waals surface area contributed by atoms with E-state index in [9.17, 15) is 0 Å². The lowest BCUT2D eigenvalue weighted by Gasteiger charge is -2.33. The van der Waals surface area contributed by atoms with Gasteiger partial charge < -0.3 is 14.5 Å². The van der Waals surface area contributed by atoms with Gasteiger partial charge in [0, 0.05) is 75.0 Å². The number of anilines is 2. The zero-order valence-electron chi connectivity index (χ0n) is 19.5. The first-order chi connectivity index (χ1) is 16.3. The highest BCUT2D eigenvalue weighted by Crippen LogP contribution is 2.35. The Kier molecular flexibility index (Phi) is 6.88. The van der Waals surface area contributed by atoms with Crippen LogP contribution in [0.3, 0.4) is 0 Å². The number of H-pyrrole nitrogens is 1. The number of hydrogen-bond acceptors (Lipinski definition) is 6. The molecule has 3 aromatic rings. The van der Waals surface area contributed by atoms with Gasteiger partial charge in [-0.05, 0) is 49.6 Å². The van der Waals surface area contributed by atoms with Crippen molar-refractivity contribution in [2.45, 2.75) is 19.3 Å². The summed E-state index contributed by atoms with van der Waals surface area (Å²) in [6.45, 7) is 8.05. The summed E-state index contributed by atoms with van der Waals surface area (Å²) in [6.07, 6.45) is 7.53. The van der Waals surface area contributed by atoms with Crippen LogP contribution in [0.5, 0.6) is 0 Å². The zero-order valence-corrected chi connectivity index (χ0v) is 19.5. The maximum atomic E-state index is 5.49. The van der Waals surface area contributed by atoms with E-state index in [0.29, 0.717) is 0 Å². The molecule has 7 nitrogen and oxygen atoms in total. The Labute approximate surface area is 196 Å². The number of aromatic amines is 1. The summed E-state index contributed by atoms with van der Waals surface area (Å²) in [5.74, 6) is 0. The first-order valence-corrected chi connectivity index (χ1v) is 12.1. The molecule has 2 fully saturated rings. The number of pyridine rings is 1. The van der Waals surface area contributed by atoms with Crippen molar-refractivity contribution in [1.29, 1.82) is 0 Å². The molecule has 2 aliphatic rings. The molecule has 1 N–H and O–H groups in total. The quantitative estimate of drug-likeness (QED) is 0.594. The topological polar surface area (TPSA) is 60.5 Å². The van der Waals surface area contributed by atoms with Crippen molar-refractivity contribution in [2.24, 2.45) is 0 Å². The number of hydrogen-bond donors (Lipinski definition) is 1. The highest BCUT2D eigenvalue weighted by atomic mass is 16.5. The SMILES string of the molecule is CN(CCN1CCOCC1)c1ccc(-c2cccc(-c3cn[nH]c3)n2)c(N2CCCCC2)c1. The van der Waals surface area contributed by atoms with E-state index >= 15 is 0 Å². The molecule has 0 saturated carbocycles. The first-order valence-electron chi connectivity index (χ1n) is 12.1. The molecule has 0 unspecified atom stereocenters. The molecule has 0 radical (unpaired) electrons. The van der Waals surface area contributed by atoms with E-state index in [4.69, 9.17) is 9.72 Å². The van der Waals surface area contributed by atoms with Gasteiger partial charge in [0.1, 0.15) is 0 Å². The van der Waals surface area contributed by atoms with Crippen LogP contribution in [0, 0.1) is 0 Å². The van der Waals surface area contributed by atoms with Crippen molar-refractivity contribution >= 4 is 11.4 Å². The van der Waals surface area contributed by atoms with E-state index in [1.54, 1.807) is 0 Å². The molecule has 2 saturated heterocycles. The number of nitrogens with zero attached hydrogens (tertiary/aromatic N) is 5. The maximum absolute atomic E-state index is 5.49. The third-order valence-corrected chi connectivity index (χ3v) is 6.79. The Hall–Kier alpha value is -2.90. The van der Waals surface area contributed by atoms with Gasteiger partial charge in [-0.15, -0.1) is 0 Å². The van der Waals surface area contributed by atoms with Crippen molar-refractivity contribution in [2.75, 3.05) is 69.3 Å². The van der Waals surface area contributed by atoms with Crippen molar-refractivity contribution in [1.82, 2.24) is 20.1 Å². The Morgan fingerprint density at radius 2 is 1.82 bits per heavy atom. The van der Waals surface area contributed by atoms with Gasteiger partial charge in [-0.3, -0.25) is 10.00 Å². The number of aromatic nitrogens is 3. The van der Waals surface area contributed by atoms with E-state index < -0.39 is 0 Å². The summed E-state index contributed by atoms with van der Waals surface area (Å²) in [4.78, 5) is 12.4. The second-order valence-electron chi connectivity index (χ2n) is 9.02. The van der Waals surface area contributed by atoms with E-state index in [2.05, 4.69) is 62.3 Å². The van der Waals surface area contributed by atoms with Crippen LogP contribution >= 0.6 is 0 Å². The number of nitrogens with one attached hydrogen (secondary N) is 1. The van der Waals surface area contributed by atoms with Crippen LogP contribution in [0.25, 0.3) is 22.5 Å². The van der Waals surface area contributed by atoms with Gasteiger partial charge >= 0.3 is 0 Å². The number of benzene rings is 1. The van der Waals surface area contributed by atoms with Crippen molar-refractivity contribution in [3.05, 3.63) is 48.8 Å². The molecule has 0 amide bonds. The van der Waals surface area contributed by atoms with E-state index in [1.165, 1.54) is 36.2 Å². The third-order valence-electron chi connectivity index (χ3n) is 6.79. The summed E-state index contributed by atoms with van der Waals surface area (Å²) in [5, 5.41) is 6.98. The van der Waals surface area contributed by atoms with Crippen LogP contribution in [0.15, 0.2) is 48.8 Å². The van der Waals surface area contributed by atoms with Gasteiger partial charge in [-0.1, -0.05) is 6.07 Å². The maximum Gasteiger partial charge on any atom is 0.0740 e. The predicted molar refractivity (Wildman–Crippen MR) is 134 cm³/mol. The van der Waals surface area contributed by atoms with E-state index in [0.717, 1.165) is 69.4 Å². The Morgan fingerprint density at radius 1 is 1.00 bits per heavy atom. The van der Waals surface area contributed by atoms with Gasteiger partial charge in [0.15, 0.2) is 0 Å². The molecular formula is C26H34N6O. The number of morpholine rings is 1. The van der Waals surface area contributed by atoms with Crippen LogP contribution < -0.4 is 9.80 Å². The van der Waals surface area contributed by atoms with Crippen molar-refractivity contribution in [3.63, 3.8) is 0 Å². The Balaban J connectivity index is 1.42. The lowest BCUT2D eigenvalue weighted by atomic mass is 10.0. The standard InChI is InChI=1S/C26H34N6O/c1-30(12-13-31-14-16-33-17-15-31)22-8-9-23(26(18-22)32-10-3-2-4-11-32)25-7-5-6-24(29-25)21-19-27-28-20-21/h5-9,18-20H,2-4,10-17H2,1H3,(H,27,28). The van der Waals surface area contributed by atoms with Crippen LogP contribution in [0.1, 0.15) is 19.3 Å². The molecule has 0 spiro atoms. The minimum Gasteiger partial charge on any atom is -0.379 e. The Bertz CT molecular complexity index is 1030. The van der Waals surface area contributed by atoms with Crippen molar-refractivity contribution < 1.29 is 4.74 Å². The fourth-order valence-electron chi connectivity index (χ4n) is 4.75. The first kappa shape index (κ1) is 21.9. The molecule has 0 atom stereocenters. The van der Waals surface area contributed by atoms with Gasteiger partial charge in [0.05, 0.1) is 30.8 Å². The summed E-state index contributed by atoms with van der Waals surface area (Å²) in [6, 6.07) is 13.1. The van der Waals surface area contributed by atoms with Gasteiger partial charge in [0.25, 0.3) is 0 Å². The fourth-order valence-corrected chi connectivity index (χ4v) is 4.75. The van der Waals surface area contributed by atoms with Crippen LogP contribution in [-0.2, 0) is 4.74 Å². The normalized spacial score (nSPS) is 17.3. The second kappa shape index (κ2) is 10.4. The number of ether oxygens (including phenoxy) is 1. The molecule has 174 valence electrons. The second-order valence-corrected chi connectivity index (χ2v) is 9.02. The van der Waals surface area contributed by atoms with E-state index in [1.807, 2.05) is 18.5 Å². The molecule has 0 bridgehead atoms. The summed E-state index contributed by atoms with van der Waals surface area (Å²) in [7, 11) is 2.20. The molecule has 2 aliphatic heterocycles. The van der Waals surface area contributed by atoms with Crippen molar-refractivity contribution in [3.8, 4) is 22.5 Å². The van der Waals surface area contributed by atoms with Gasteiger partial charge in [0.2, 0.25) is 0 Å². The molecule has 2 aromatic heterocycles. The summed E-state index contributed by atoms with van der Waals surface area (Å²) >= 11 is 0. The minimum atomic E-state index is 0.850. The molecule has 5 rings (SSSR count). The lowest BCUT2D eigenvalue weighted by molar-refractivity contribution is 0.0393. The summed E-state index contributed by atoms with van der Waals surface area (Å²) in [5.41, 5.74) is 6.72. The monoisotopic (exact) mass is 446 g/mol. The number of piperidine rings is 1. The van der Waals surface area contributed by atoms with E-state index in [-0.39, 0.29) is 0 Å². The average Bonchev–Trinajstić information content (AvgIpc) is 3.43. The lowest BCUT2D eigenvalue weighted by Crippen LogP contribution is -2.40. The third kappa shape index (κ3) is 5.20. The fraction of sp³-hybridized carbons (Fsp3) is 0.462. The Morgan fingerprint density at radius 3 is 2.61 bits per heavy atom. The molecule has 0 aliphatic carbocycles. The molecular weight excluding hydrogens is 412 g/mol. The minimum absolute atomic E-state index is 0.850. The molecule has 7 heteroatoms.